The van der Waals surface area contributed by atoms with Crippen molar-refractivity contribution >= 4 is 29.2 Å². The van der Waals surface area contributed by atoms with Gasteiger partial charge in [0.1, 0.15) is 0 Å². The van der Waals surface area contributed by atoms with Crippen molar-refractivity contribution < 1.29 is 9.53 Å². The molecule has 0 aromatic heterocycles. The van der Waals surface area contributed by atoms with Crippen LogP contribution in [0.3, 0.4) is 0 Å². The lowest BCUT2D eigenvalue weighted by atomic mass is 10.1. The maximum atomic E-state index is 11.4. The summed E-state index contributed by atoms with van der Waals surface area (Å²) in [4.78, 5) is 13.6. The van der Waals surface area contributed by atoms with E-state index in [9.17, 15) is 4.79 Å². The highest BCUT2D eigenvalue weighted by atomic mass is 35.5. The molecule has 0 aliphatic carbocycles. The summed E-state index contributed by atoms with van der Waals surface area (Å²) in [6, 6.07) is 5.46. The third kappa shape index (κ3) is 5.01. The van der Waals surface area contributed by atoms with Crippen molar-refractivity contribution in [3.63, 3.8) is 0 Å². The van der Waals surface area contributed by atoms with Crippen LogP contribution in [0.5, 0.6) is 0 Å². The molecule has 1 rings (SSSR count). The zero-order valence-corrected chi connectivity index (χ0v) is 13.0. The number of carbonyl (C=O) groups excluding carboxylic acids is 1. The molecule has 3 nitrogen and oxygen atoms in total. The van der Waals surface area contributed by atoms with Crippen LogP contribution in [0, 0.1) is 5.92 Å². The molecule has 5 heteroatoms. The van der Waals surface area contributed by atoms with Gasteiger partial charge >= 0.3 is 5.97 Å². The Labute approximate surface area is 124 Å². The third-order valence-electron chi connectivity index (χ3n) is 2.99. The zero-order chi connectivity index (χ0) is 14.4. The molecule has 1 aromatic carbocycles. The number of nitrogens with zero attached hydrogens (tertiary/aromatic N) is 1. The summed E-state index contributed by atoms with van der Waals surface area (Å²) in [7, 11) is 1.41. The number of esters is 1. The fourth-order valence-corrected chi connectivity index (χ4v) is 2.33. The largest absolute Gasteiger partial charge is 0.469 e. The Kier molecular flexibility index (Phi) is 6.63. The summed E-state index contributed by atoms with van der Waals surface area (Å²) >= 11 is 12.0. The van der Waals surface area contributed by atoms with Gasteiger partial charge in [-0.25, -0.2) is 0 Å². The summed E-state index contributed by atoms with van der Waals surface area (Å²) in [5, 5.41) is 1.27. The maximum Gasteiger partial charge on any atom is 0.309 e. The molecule has 0 aliphatic heterocycles. The molecule has 0 N–H and O–H groups in total. The molecule has 19 heavy (non-hydrogen) atoms. The van der Waals surface area contributed by atoms with Crippen molar-refractivity contribution in [3.8, 4) is 0 Å². The predicted molar refractivity (Wildman–Crippen MR) is 78.6 cm³/mol. The molecule has 0 bridgehead atoms. The lowest BCUT2D eigenvalue weighted by Gasteiger charge is -2.23. The summed E-state index contributed by atoms with van der Waals surface area (Å²) in [6.07, 6.45) is 0. The first-order valence-corrected chi connectivity index (χ1v) is 6.97. The molecule has 0 spiro atoms. The van der Waals surface area contributed by atoms with Crippen LogP contribution in [0.4, 0.5) is 0 Å². The Morgan fingerprint density at radius 1 is 1.42 bits per heavy atom. The second-order valence-corrected chi connectivity index (χ2v) is 5.33. The van der Waals surface area contributed by atoms with E-state index >= 15 is 0 Å². The van der Waals surface area contributed by atoms with Crippen LogP contribution in [0.1, 0.15) is 19.4 Å². The third-order valence-corrected chi connectivity index (χ3v) is 3.58. The van der Waals surface area contributed by atoms with Gasteiger partial charge in [0.15, 0.2) is 0 Å². The van der Waals surface area contributed by atoms with Crippen LogP contribution in [-0.2, 0) is 16.1 Å². The predicted octanol–water partition coefficient (Wildman–Crippen LogP) is 3.62. The SMILES string of the molecule is CCN(Cc1ccc(Cl)cc1Cl)CC(C)C(=O)OC. The van der Waals surface area contributed by atoms with Crippen molar-refractivity contribution in [3.05, 3.63) is 33.8 Å². The molecule has 106 valence electrons. The fraction of sp³-hybridized carbons (Fsp3) is 0.500. The van der Waals surface area contributed by atoms with Gasteiger partial charge in [0.2, 0.25) is 0 Å². The molecule has 1 atom stereocenters. The molecule has 0 saturated carbocycles. The van der Waals surface area contributed by atoms with E-state index in [-0.39, 0.29) is 11.9 Å². The minimum Gasteiger partial charge on any atom is -0.469 e. The molecular weight excluding hydrogens is 285 g/mol. The van der Waals surface area contributed by atoms with E-state index in [1.807, 2.05) is 26.0 Å². The van der Waals surface area contributed by atoms with Gasteiger partial charge in [0.05, 0.1) is 13.0 Å². The standard InChI is InChI=1S/C14H19Cl2NO2/c1-4-17(8-10(2)14(18)19-3)9-11-5-6-12(15)7-13(11)16/h5-7,10H,4,8-9H2,1-3H3. The van der Waals surface area contributed by atoms with Gasteiger partial charge in [-0.2, -0.15) is 0 Å². The number of ether oxygens (including phenoxy) is 1. The first kappa shape index (κ1) is 16.3. The molecule has 0 aliphatic rings. The number of rotatable bonds is 6. The minimum atomic E-state index is -0.194. The van der Waals surface area contributed by atoms with Crippen molar-refractivity contribution in [1.82, 2.24) is 4.90 Å². The number of carbonyl (C=O) groups is 1. The van der Waals surface area contributed by atoms with E-state index in [1.54, 1.807) is 6.07 Å². The van der Waals surface area contributed by atoms with Crippen LogP contribution in [0.2, 0.25) is 10.0 Å². The van der Waals surface area contributed by atoms with E-state index in [0.717, 1.165) is 12.1 Å². The highest BCUT2D eigenvalue weighted by molar-refractivity contribution is 6.35. The van der Waals surface area contributed by atoms with Crippen LogP contribution >= 0.6 is 23.2 Å². The summed E-state index contributed by atoms with van der Waals surface area (Å²) in [5.74, 6) is -0.350. The molecule has 1 unspecified atom stereocenters. The van der Waals surface area contributed by atoms with Gasteiger partial charge in [0, 0.05) is 23.1 Å². The van der Waals surface area contributed by atoms with E-state index < -0.39 is 0 Å². The van der Waals surface area contributed by atoms with E-state index in [1.165, 1.54) is 7.11 Å². The second kappa shape index (κ2) is 7.73. The fourth-order valence-electron chi connectivity index (χ4n) is 1.86. The van der Waals surface area contributed by atoms with E-state index in [4.69, 9.17) is 27.9 Å². The van der Waals surface area contributed by atoms with Crippen molar-refractivity contribution in [2.75, 3.05) is 20.2 Å². The topological polar surface area (TPSA) is 29.5 Å². The lowest BCUT2D eigenvalue weighted by molar-refractivity contribution is -0.145. The number of hydrogen-bond donors (Lipinski definition) is 0. The summed E-state index contributed by atoms with van der Waals surface area (Å²) in [6.45, 7) is 6.07. The monoisotopic (exact) mass is 303 g/mol. The van der Waals surface area contributed by atoms with E-state index in [0.29, 0.717) is 23.1 Å². The van der Waals surface area contributed by atoms with Gasteiger partial charge in [-0.1, -0.05) is 43.1 Å². The average Bonchev–Trinajstić information content (AvgIpc) is 2.39. The van der Waals surface area contributed by atoms with Gasteiger partial charge in [-0.3, -0.25) is 9.69 Å². The smallest absolute Gasteiger partial charge is 0.309 e. The number of halogens is 2. The van der Waals surface area contributed by atoms with Gasteiger partial charge in [-0.15, -0.1) is 0 Å². The number of methoxy groups -OCH3 is 1. The summed E-state index contributed by atoms with van der Waals surface area (Å²) < 4.78 is 4.74. The average molecular weight is 304 g/mol. The Balaban J connectivity index is 2.68. The van der Waals surface area contributed by atoms with Gasteiger partial charge in [-0.05, 0) is 24.2 Å². The highest BCUT2D eigenvalue weighted by Gasteiger charge is 2.17. The van der Waals surface area contributed by atoms with Crippen LogP contribution < -0.4 is 0 Å². The molecule has 0 heterocycles. The van der Waals surface area contributed by atoms with Crippen molar-refractivity contribution in [1.29, 1.82) is 0 Å². The zero-order valence-electron chi connectivity index (χ0n) is 11.5. The molecule has 0 amide bonds. The van der Waals surface area contributed by atoms with E-state index in [2.05, 4.69) is 4.90 Å². The normalized spacial score (nSPS) is 12.5. The minimum absolute atomic E-state index is 0.156. The molecule has 1 aromatic rings. The Morgan fingerprint density at radius 3 is 2.63 bits per heavy atom. The van der Waals surface area contributed by atoms with Gasteiger partial charge in [0.25, 0.3) is 0 Å². The number of hydrogen-bond acceptors (Lipinski definition) is 3. The van der Waals surface area contributed by atoms with Crippen LogP contribution in [0.25, 0.3) is 0 Å². The summed E-state index contributed by atoms with van der Waals surface area (Å²) in [5.41, 5.74) is 1.00. The molecule has 0 fully saturated rings. The van der Waals surface area contributed by atoms with Crippen LogP contribution in [-0.4, -0.2) is 31.1 Å². The Morgan fingerprint density at radius 2 is 2.11 bits per heavy atom. The van der Waals surface area contributed by atoms with Crippen molar-refractivity contribution in [2.45, 2.75) is 20.4 Å². The van der Waals surface area contributed by atoms with Gasteiger partial charge < -0.3 is 4.74 Å². The lowest BCUT2D eigenvalue weighted by Crippen LogP contribution is -2.32. The second-order valence-electron chi connectivity index (χ2n) is 4.49. The first-order chi connectivity index (χ1) is 8.97. The Hall–Kier alpha value is -0.770. The Bertz CT molecular complexity index is 437. The maximum absolute atomic E-state index is 11.4. The highest BCUT2D eigenvalue weighted by Crippen LogP contribution is 2.22. The molecular formula is C14H19Cl2NO2. The number of benzene rings is 1. The quantitative estimate of drug-likeness (QED) is 0.752. The van der Waals surface area contributed by atoms with Crippen molar-refractivity contribution in [2.24, 2.45) is 5.92 Å². The van der Waals surface area contributed by atoms with Crippen LogP contribution in [0.15, 0.2) is 18.2 Å². The molecule has 0 radical (unpaired) electrons. The first-order valence-electron chi connectivity index (χ1n) is 6.22. The molecule has 0 saturated heterocycles.